The molecule has 2 aromatic carbocycles. The highest BCUT2D eigenvalue weighted by Gasteiger charge is 2.24. The minimum absolute atomic E-state index is 0.0108. The van der Waals surface area contributed by atoms with Crippen molar-refractivity contribution < 1.29 is 33.5 Å². The number of carbonyl (C=O) groups is 3. The van der Waals surface area contributed by atoms with Gasteiger partial charge in [-0.15, -0.1) is 0 Å². The van der Waals surface area contributed by atoms with Crippen molar-refractivity contribution in [3.8, 4) is 0 Å². The highest BCUT2D eigenvalue weighted by atomic mass is 16.6. The number of nitrogens with one attached hydrogen (secondary N) is 1. The Morgan fingerprint density at radius 2 is 1.69 bits per heavy atom. The highest BCUT2D eigenvalue weighted by Crippen LogP contribution is 2.13. The molecule has 0 unspecified atom stereocenters. The van der Waals surface area contributed by atoms with Gasteiger partial charge in [-0.3, -0.25) is 10.1 Å². The molecule has 29 heavy (non-hydrogen) atoms. The minimum atomic E-state index is -1.29. The van der Waals surface area contributed by atoms with Crippen LogP contribution in [0.3, 0.4) is 0 Å². The summed E-state index contributed by atoms with van der Waals surface area (Å²) in [4.78, 5) is 45.8. The van der Waals surface area contributed by atoms with E-state index in [2.05, 4.69) is 10.1 Å². The fraction of sp³-hybridized carbons (Fsp3) is 0.211. The van der Waals surface area contributed by atoms with Gasteiger partial charge >= 0.3 is 18.0 Å². The first kappa shape index (κ1) is 21.4. The molecule has 10 nitrogen and oxygen atoms in total. The second-order valence-corrected chi connectivity index (χ2v) is 5.68. The summed E-state index contributed by atoms with van der Waals surface area (Å²) in [6, 6.07) is 12.3. The van der Waals surface area contributed by atoms with E-state index in [1.165, 1.54) is 12.1 Å². The smallest absolute Gasteiger partial charge is 0.408 e. The molecule has 0 saturated heterocycles. The van der Waals surface area contributed by atoms with E-state index < -0.39 is 35.6 Å². The number of amides is 1. The quantitative estimate of drug-likeness (QED) is 0.307. The average molecular weight is 402 g/mol. The molecule has 0 fully saturated rings. The summed E-state index contributed by atoms with van der Waals surface area (Å²) in [6.45, 7) is -0.522. The van der Waals surface area contributed by atoms with Crippen LogP contribution in [0.2, 0.25) is 0 Å². The van der Waals surface area contributed by atoms with Crippen LogP contribution >= 0.6 is 0 Å². The van der Waals surface area contributed by atoms with Crippen LogP contribution in [0.15, 0.2) is 54.6 Å². The van der Waals surface area contributed by atoms with Crippen molar-refractivity contribution in [1.82, 2.24) is 5.32 Å². The first-order valence-corrected chi connectivity index (χ1v) is 8.37. The standard InChI is InChI=1S/C19H18N2O8/c1-27-18(23)16(20-19(24)29-11-13-5-3-2-4-6-13)12-28-17(22)14-7-9-15(10-8-14)21(25)26/h2-10,16H,11-12H2,1H3,(H,20,24)/t16-/m0/s1. The Morgan fingerprint density at radius 3 is 2.28 bits per heavy atom. The number of alkyl carbamates (subject to hydrolysis) is 1. The van der Waals surface area contributed by atoms with Crippen LogP contribution in [0.1, 0.15) is 15.9 Å². The van der Waals surface area contributed by atoms with Gasteiger partial charge in [0.15, 0.2) is 6.04 Å². The number of methoxy groups -OCH3 is 1. The van der Waals surface area contributed by atoms with Crippen LogP contribution in [0, 0.1) is 10.1 Å². The molecule has 0 saturated carbocycles. The second kappa shape index (κ2) is 10.4. The van der Waals surface area contributed by atoms with E-state index in [9.17, 15) is 24.5 Å². The summed E-state index contributed by atoms with van der Waals surface area (Å²) < 4.78 is 14.6. The van der Waals surface area contributed by atoms with Crippen LogP contribution in [0.5, 0.6) is 0 Å². The van der Waals surface area contributed by atoms with Crippen molar-refractivity contribution in [1.29, 1.82) is 0 Å². The minimum Gasteiger partial charge on any atom is -0.467 e. The van der Waals surface area contributed by atoms with E-state index in [0.29, 0.717) is 0 Å². The second-order valence-electron chi connectivity index (χ2n) is 5.68. The first-order valence-electron chi connectivity index (χ1n) is 8.37. The SMILES string of the molecule is COC(=O)[C@H](COC(=O)c1ccc([N+](=O)[O-])cc1)NC(=O)OCc1ccccc1. The lowest BCUT2D eigenvalue weighted by molar-refractivity contribution is -0.384. The van der Waals surface area contributed by atoms with Crippen molar-refractivity contribution >= 4 is 23.7 Å². The van der Waals surface area contributed by atoms with E-state index in [1.54, 1.807) is 24.3 Å². The fourth-order valence-electron chi connectivity index (χ4n) is 2.18. The lowest BCUT2D eigenvalue weighted by Gasteiger charge is -2.16. The molecule has 0 aromatic heterocycles. The summed E-state index contributed by atoms with van der Waals surface area (Å²) in [5.74, 6) is -1.66. The van der Waals surface area contributed by atoms with E-state index in [0.717, 1.165) is 24.8 Å². The van der Waals surface area contributed by atoms with E-state index >= 15 is 0 Å². The molecular weight excluding hydrogens is 384 g/mol. The van der Waals surface area contributed by atoms with Gasteiger partial charge in [0.25, 0.3) is 5.69 Å². The van der Waals surface area contributed by atoms with Gasteiger partial charge in [-0.2, -0.15) is 0 Å². The highest BCUT2D eigenvalue weighted by molar-refractivity contribution is 5.90. The van der Waals surface area contributed by atoms with Crippen molar-refractivity contribution in [3.05, 3.63) is 75.8 Å². The first-order chi connectivity index (χ1) is 13.9. The summed E-state index contributed by atoms with van der Waals surface area (Å²) in [5.41, 5.74) is 0.615. The van der Waals surface area contributed by atoms with Crippen molar-refractivity contribution in [2.24, 2.45) is 0 Å². The van der Waals surface area contributed by atoms with Crippen LogP contribution in [-0.4, -0.2) is 42.7 Å². The van der Waals surface area contributed by atoms with E-state index in [1.807, 2.05) is 6.07 Å². The summed E-state index contributed by atoms with van der Waals surface area (Å²) in [5, 5.41) is 12.9. The zero-order valence-corrected chi connectivity index (χ0v) is 15.4. The van der Waals surface area contributed by atoms with E-state index in [-0.39, 0.29) is 17.9 Å². The number of rotatable bonds is 8. The van der Waals surface area contributed by atoms with Crippen molar-refractivity contribution in [3.63, 3.8) is 0 Å². The largest absolute Gasteiger partial charge is 0.467 e. The van der Waals surface area contributed by atoms with Gasteiger partial charge in [-0.05, 0) is 17.7 Å². The third-order valence-corrected chi connectivity index (χ3v) is 3.69. The zero-order chi connectivity index (χ0) is 21.2. The van der Waals surface area contributed by atoms with Gasteiger partial charge in [0.05, 0.1) is 17.6 Å². The predicted octanol–water partition coefficient (Wildman–Crippen LogP) is 2.22. The maximum absolute atomic E-state index is 12.0. The molecule has 10 heteroatoms. The lowest BCUT2D eigenvalue weighted by Crippen LogP contribution is -2.45. The maximum Gasteiger partial charge on any atom is 0.408 e. The Hall–Kier alpha value is -3.95. The molecule has 0 spiro atoms. The van der Waals surface area contributed by atoms with Crippen LogP contribution < -0.4 is 5.32 Å². The van der Waals surface area contributed by atoms with Crippen LogP contribution in [0.25, 0.3) is 0 Å². The molecule has 0 heterocycles. The molecule has 0 aliphatic carbocycles. The lowest BCUT2D eigenvalue weighted by atomic mass is 10.2. The average Bonchev–Trinajstić information content (AvgIpc) is 2.75. The molecule has 0 radical (unpaired) electrons. The Bertz CT molecular complexity index is 868. The molecular formula is C19H18N2O8. The number of benzene rings is 2. The number of hydrogen-bond donors (Lipinski definition) is 1. The van der Waals surface area contributed by atoms with Gasteiger partial charge < -0.3 is 19.5 Å². The fourth-order valence-corrected chi connectivity index (χ4v) is 2.18. The van der Waals surface area contributed by atoms with Crippen molar-refractivity contribution in [2.45, 2.75) is 12.6 Å². The molecule has 2 aromatic rings. The number of nitro benzene ring substituents is 1. The molecule has 0 aliphatic rings. The number of carbonyl (C=O) groups excluding carboxylic acids is 3. The Morgan fingerprint density at radius 1 is 1.03 bits per heavy atom. The summed E-state index contributed by atoms with van der Waals surface area (Å²) in [7, 11) is 1.12. The van der Waals surface area contributed by atoms with Crippen LogP contribution in [0.4, 0.5) is 10.5 Å². The van der Waals surface area contributed by atoms with Gasteiger partial charge in [0.2, 0.25) is 0 Å². The third kappa shape index (κ3) is 6.61. The van der Waals surface area contributed by atoms with Gasteiger partial charge in [-0.25, -0.2) is 14.4 Å². The zero-order valence-electron chi connectivity index (χ0n) is 15.4. The van der Waals surface area contributed by atoms with Gasteiger partial charge in [0, 0.05) is 12.1 Å². The number of non-ortho nitro benzene ring substituents is 1. The number of esters is 2. The molecule has 0 aliphatic heterocycles. The topological polar surface area (TPSA) is 134 Å². The molecule has 0 bridgehead atoms. The Balaban J connectivity index is 1.90. The third-order valence-electron chi connectivity index (χ3n) is 3.69. The number of ether oxygens (including phenoxy) is 3. The monoisotopic (exact) mass is 402 g/mol. The normalized spacial score (nSPS) is 11.1. The molecule has 1 amide bonds. The number of nitro groups is 1. The van der Waals surface area contributed by atoms with Gasteiger partial charge in [0.1, 0.15) is 13.2 Å². The Labute approximate surface area is 165 Å². The summed E-state index contributed by atoms with van der Waals surface area (Å²) in [6.07, 6.45) is -0.893. The maximum atomic E-state index is 12.0. The molecule has 1 atom stereocenters. The van der Waals surface area contributed by atoms with Crippen molar-refractivity contribution in [2.75, 3.05) is 13.7 Å². The molecule has 2 rings (SSSR count). The number of hydrogen-bond acceptors (Lipinski definition) is 8. The predicted molar refractivity (Wildman–Crippen MR) is 98.9 cm³/mol. The van der Waals surface area contributed by atoms with Gasteiger partial charge in [-0.1, -0.05) is 30.3 Å². The number of nitrogens with zero attached hydrogens (tertiary/aromatic N) is 1. The van der Waals surface area contributed by atoms with Crippen LogP contribution in [-0.2, 0) is 25.6 Å². The molecule has 152 valence electrons. The van der Waals surface area contributed by atoms with E-state index in [4.69, 9.17) is 9.47 Å². The molecule has 1 N–H and O–H groups in total. The Kier molecular flexibility index (Phi) is 7.66. The summed E-state index contributed by atoms with van der Waals surface area (Å²) >= 11 is 0.